The number of nitrogens with zero attached hydrogens (tertiary/aromatic N) is 1. The monoisotopic (exact) mass is 249 g/mol. The van der Waals surface area contributed by atoms with Gasteiger partial charge in [0, 0.05) is 13.7 Å². The third-order valence-electron chi connectivity index (χ3n) is 3.32. The third-order valence-corrected chi connectivity index (χ3v) is 3.32. The predicted octanol–water partition coefficient (Wildman–Crippen LogP) is 2.70. The maximum Gasteiger partial charge on any atom is 0.119 e. The summed E-state index contributed by atoms with van der Waals surface area (Å²) in [5.74, 6) is 0.955. The first-order chi connectivity index (χ1) is 8.88. The van der Waals surface area contributed by atoms with E-state index in [1.54, 1.807) is 7.11 Å². The van der Waals surface area contributed by atoms with Gasteiger partial charge in [0.15, 0.2) is 0 Å². The highest BCUT2D eigenvalue weighted by Gasteiger charge is 2.10. The van der Waals surface area contributed by atoms with Crippen molar-refractivity contribution in [3.8, 4) is 5.75 Å². The quantitative estimate of drug-likeness (QED) is 0.694. The molecule has 0 bridgehead atoms. The minimum atomic E-state index is 0.662. The fourth-order valence-electron chi connectivity index (χ4n) is 2.33. The van der Waals surface area contributed by atoms with Gasteiger partial charge in [0.2, 0.25) is 0 Å². The van der Waals surface area contributed by atoms with Crippen molar-refractivity contribution >= 4 is 0 Å². The molecule has 0 amide bonds. The van der Waals surface area contributed by atoms with Crippen molar-refractivity contribution in [1.29, 1.82) is 0 Å². The van der Waals surface area contributed by atoms with Crippen LogP contribution in [0.25, 0.3) is 0 Å². The van der Waals surface area contributed by atoms with Crippen molar-refractivity contribution in [3.63, 3.8) is 0 Å². The van der Waals surface area contributed by atoms with Crippen molar-refractivity contribution in [2.75, 3.05) is 33.4 Å². The molecule has 0 unspecified atom stereocenters. The van der Waals surface area contributed by atoms with Gasteiger partial charge in [-0.25, -0.2) is 0 Å². The van der Waals surface area contributed by atoms with Crippen LogP contribution in [0, 0.1) is 0 Å². The van der Waals surface area contributed by atoms with Gasteiger partial charge in [-0.3, -0.25) is 0 Å². The number of ether oxygens (including phenoxy) is 2. The van der Waals surface area contributed by atoms with Crippen LogP contribution in [0.3, 0.4) is 0 Å². The van der Waals surface area contributed by atoms with E-state index in [1.165, 1.54) is 38.0 Å². The summed E-state index contributed by atoms with van der Waals surface area (Å²) >= 11 is 0. The molecule has 100 valence electrons. The van der Waals surface area contributed by atoms with E-state index in [0.29, 0.717) is 6.61 Å². The Hall–Kier alpha value is -1.06. The van der Waals surface area contributed by atoms with Crippen LogP contribution in [0.4, 0.5) is 0 Å². The summed E-state index contributed by atoms with van der Waals surface area (Å²) in [6.45, 7) is 5.18. The largest absolute Gasteiger partial charge is 0.494 e. The molecule has 0 radical (unpaired) electrons. The Bertz CT molecular complexity index is 331. The van der Waals surface area contributed by atoms with E-state index in [-0.39, 0.29) is 0 Å². The standard InChI is InChI=1S/C15H23NO2/c1-17-13-14-5-7-15(8-6-14)18-12-4-11-16-9-2-3-10-16/h5-8H,2-4,9-13H2,1H3. The lowest BCUT2D eigenvalue weighted by molar-refractivity contribution is 0.185. The molecule has 1 aromatic rings. The molecule has 1 aliphatic rings. The molecule has 0 aromatic heterocycles. The average Bonchev–Trinajstić information content (AvgIpc) is 2.90. The highest BCUT2D eigenvalue weighted by molar-refractivity contribution is 5.26. The van der Waals surface area contributed by atoms with Gasteiger partial charge >= 0.3 is 0 Å². The summed E-state index contributed by atoms with van der Waals surface area (Å²) in [7, 11) is 1.71. The maximum absolute atomic E-state index is 5.73. The highest BCUT2D eigenvalue weighted by atomic mass is 16.5. The van der Waals surface area contributed by atoms with E-state index >= 15 is 0 Å². The minimum absolute atomic E-state index is 0.662. The molecule has 1 heterocycles. The Balaban J connectivity index is 1.63. The van der Waals surface area contributed by atoms with Crippen LogP contribution < -0.4 is 4.74 Å². The topological polar surface area (TPSA) is 21.7 Å². The first-order valence-electron chi connectivity index (χ1n) is 6.81. The number of methoxy groups -OCH3 is 1. The van der Waals surface area contributed by atoms with Gasteiger partial charge in [-0.15, -0.1) is 0 Å². The second-order valence-corrected chi connectivity index (χ2v) is 4.83. The summed E-state index contributed by atoms with van der Waals surface area (Å²) in [5, 5.41) is 0. The molecule has 3 nitrogen and oxygen atoms in total. The lowest BCUT2D eigenvalue weighted by Gasteiger charge is -2.14. The summed E-state index contributed by atoms with van der Waals surface area (Å²) in [4.78, 5) is 2.52. The molecule has 0 aliphatic carbocycles. The van der Waals surface area contributed by atoms with E-state index in [2.05, 4.69) is 17.0 Å². The molecule has 2 rings (SSSR count). The molecule has 1 saturated heterocycles. The highest BCUT2D eigenvalue weighted by Crippen LogP contribution is 2.13. The van der Waals surface area contributed by atoms with Gasteiger partial charge in [0.1, 0.15) is 5.75 Å². The molecule has 1 aliphatic heterocycles. The molecule has 0 atom stereocenters. The number of benzene rings is 1. The van der Waals surface area contributed by atoms with E-state index in [1.807, 2.05) is 12.1 Å². The zero-order chi connectivity index (χ0) is 12.6. The van der Waals surface area contributed by atoms with Gasteiger partial charge < -0.3 is 14.4 Å². The van der Waals surface area contributed by atoms with Crippen molar-refractivity contribution < 1.29 is 9.47 Å². The van der Waals surface area contributed by atoms with Crippen LogP contribution in [-0.2, 0) is 11.3 Å². The summed E-state index contributed by atoms with van der Waals surface area (Å²) < 4.78 is 10.8. The SMILES string of the molecule is COCc1ccc(OCCCN2CCCC2)cc1. The lowest BCUT2D eigenvalue weighted by atomic mass is 10.2. The van der Waals surface area contributed by atoms with Crippen LogP contribution in [0.1, 0.15) is 24.8 Å². The smallest absolute Gasteiger partial charge is 0.119 e. The number of hydrogen-bond acceptors (Lipinski definition) is 3. The van der Waals surface area contributed by atoms with Gasteiger partial charge in [0.25, 0.3) is 0 Å². The Morgan fingerprint density at radius 3 is 2.50 bits per heavy atom. The lowest BCUT2D eigenvalue weighted by Crippen LogP contribution is -2.21. The minimum Gasteiger partial charge on any atom is -0.494 e. The molecular weight excluding hydrogens is 226 g/mol. The van der Waals surface area contributed by atoms with Crippen LogP contribution in [-0.4, -0.2) is 38.3 Å². The van der Waals surface area contributed by atoms with Crippen molar-refractivity contribution in [1.82, 2.24) is 4.90 Å². The van der Waals surface area contributed by atoms with Gasteiger partial charge in [-0.05, 0) is 50.0 Å². The second kappa shape index (κ2) is 7.39. The van der Waals surface area contributed by atoms with E-state index in [4.69, 9.17) is 9.47 Å². The van der Waals surface area contributed by atoms with E-state index < -0.39 is 0 Å². The van der Waals surface area contributed by atoms with Crippen LogP contribution >= 0.6 is 0 Å². The summed E-state index contributed by atoms with van der Waals surface area (Å²) in [5.41, 5.74) is 1.18. The summed E-state index contributed by atoms with van der Waals surface area (Å²) in [6.07, 6.45) is 3.84. The summed E-state index contributed by atoms with van der Waals surface area (Å²) in [6, 6.07) is 8.15. The van der Waals surface area contributed by atoms with Crippen LogP contribution in [0.2, 0.25) is 0 Å². The first-order valence-corrected chi connectivity index (χ1v) is 6.81. The Kier molecular flexibility index (Phi) is 5.49. The Labute approximate surface area is 110 Å². The second-order valence-electron chi connectivity index (χ2n) is 4.83. The molecule has 0 spiro atoms. The Morgan fingerprint density at radius 1 is 1.11 bits per heavy atom. The van der Waals surface area contributed by atoms with Gasteiger partial charge in [0.05, 0.1) is 13.2 Å². The molecule has 0 N–H and O–H groups in total. The maximum atomic E-state index is 5.73. The van der Waals surface area contributed by atoms with Gasteiger partial charge in [-0.1, -0.05) is 12.1 Å². The van der Waals surface area contributed by atoms with Crippen molar-refractivity contribution in [2.45, 2.75) is 25.9 Å². The molecule has 1 aromatic carbocycles. The van der Waals surface area contributed by atoms with Crippen LogP contribution in [0.15, 0.2) is 24.3 Å². The average molecular weight is 249 g/mol. The third kappa shape index (κ3) is 4.31. The fourth-order valence-corrected chi connectivity index (χ4v) is 2.33. The van der Waals surface area contributed by atoms with E-state index in [9.17, 15) is 0 Å². The molecular formula is C15H23NO2. The fraction of sp³-hybridized carbons (Fsp3) is 0.600. The first kappa shape index (κ1) is 13.4. The number of hydrogen-bond donors (Lipinski definition) is 0. The van der Waals surface area contributed by atoms with Crippen molar-refractivity contribution in [3.05, 3.63) is 29.8 Å². The predicted molar refractivity (Wildman–Crippen MR) is 72.9 cm³/mol. The molecule has 18 heavy (non-hydrogen) atoms. The van der Waals surface area contributed by atoms with Crippen LogP contribution in [0.5, 0.6) is 5.75 Å². The molecule has 1 fully saturated rings. The number of rotatable bonds is 7. The zero-order valence-electron chi connectivity index (χ0n) is 11.2. The normalized spacial score (nSPS) is 16.1. The van der Waals surface area contributed by atoms with Crippen molar-refractivity contribution in [2.24, 2.45) is 0 Å². The van der Waals surface area contributed by atoms with E-state index in [0.717, 1.165) is 18.8 Å². The van der Waals surface area contributed by atoms with Gasteiger partial charge in [-0.2, -0.15) is 0 Å². The number of likely N-dealkylation sites (tertiary alicyclic amines) is 1. The molecule has 3 heteroatoms. The molecule has 0 saturated carbocycles. The Morgan fingerprint density at radius 2 is 1.83 bits per heavy atom. The zero-order valence-corrected chi connectivity index (χ0v) is 11.2.